The molecule has 5 rings (SSSR count). The van der Waals surface area contributed by atoms with Crippen molar-refractivity contribution < 1.29 is 9.47 Å². The monoisotopic (exact) mass is 409 g/mol. The van der Waals surface area contributed by atoms with Crippen molar-refractivity contribution in [1.29, 1.82) is 0 Å². The summed E-state index contributed by atoms with van der Waals surface area (Å²) < 4.78 is 12.2. The third kappa shape index (κ3) is 4.12. The molecule has 0 saturated heterocycles. The smallest absolute Gasteiger partial charge is 0.149 e. The van der Waals surface area contributed by atoms with E-state index in [0.717, 1.165) is 51.4 Å². The molecule has 0 amide bonds. The number of ether oxygens (including phenoxy) is 2. The average Bonchev–Trinajstić information content (AvgIpc) is 3.14. The summed E-state index contributed by atoms with van der Waals surface area (Å²) in [7, 11) is 0. The minimum atomic E-state index is -0.271. The van der Waals surface area contributed by atoms with Gasteiger partial charge in [0.15, 0.2) is 0 Å². The van der Waals surface area contributed by atoms with E-state index in [-0.39, 0.29) is 5.60 Å². The Hall–Kier alpha value is -3.73. The number of benzene rings is 2. The highest BCUT2D eigenvalue weighted by atomic mass is 16.5. The van der Waals surface area contributed by atoms with Crippen molar-refractivity contribution in [2.75, 3.05) is 0 Å². The Morgan fingerprint density at radius 3 is 2.61 bits per heavy atom. The van der Waals surface area contributed by atoms with Crippen molar-refractivity contribution in [1.82, 2.24) is 15.0 Å². The van der Waals surface area contributed by atoms with Crippen LogP contribution in [0.5, 0.6) is 5.75 Å². The molecule has 5 heteroatoms. The van der Waals surface area contributed by atoms with E-state index in [1.54, 1.807) is 12.5 Å². The van der Waals surface area contributed by atoms with Crippen LogP contribution in [0.1, 0.15) is 37.2 Å². The zero-order valence-electron chi connectivity index (χ0n) is 17.6. The van der Waals surface area contributed by atoms with E-state index in [2.05, 4.69) is 53.1 Å². The average molecular weight is 409 g/mol. The van der Waals surface area contributed by atoms with Crippen LogP contribution in [0, 0.1) is 0 Å². The molecule has 0 saturated carbocycles. The quantitative estimate of drug-likeness (QED) is 0.425. The number of para-hydroxylation sites is 1. The molecule has 3 heterocycles. The minimum absolute atomic E-state index is 0.271. The van der Waals surface area contributed by atoms with Crippen LogP contribution in [0.3, 0.4) is 0 Å². The van der Waals surface area contributed by atoms with Crippen LogP contribution in [0.4, 0.5) is 0 Å². The van der Waals surface area contributed by atoms with Gasteiger partial charge in [-0.3, -0.25) is 0 Å². The summed E-state index contributed by atoms with van der Waals surface area (Å²) in [5, 5.41) is 1.13. The number of rotatable bonds is 5. The Kier molecular flexibility index (Phi) is 4.86. The van der Waals surface area contributed by atoms with E-state index >= 15 is 0 Å². The third-order valence-corrected chi connectivity index (χ3v) is 5.32. The molecule has 0 bridgehead atoms. The van der Waals surface area contributed by atoms with E-state index in [4.69, 9.17) is 9.47 Å². The van der Waals surface area contributed by atoms with Gasteiger partial charge in [0.25, 0.3) is 0 Å². The lowest BCUT2D eigenvalue weighted by atomic mass is 9.95. The first kappa shape index (κ1) is 19.2. The predicted octanol–water partition coefficient (Wildman–Crippen LogP) is 5.67. The zero-order chi connectivity index (χ0) is 21.3. The van der Waals surface area contributed by atoms with Gasteiger partial charge in [-0.2, -0.15) is 0 Å². The molecule has 0 radical (unpaired) electrons. The predicted molar refractivity (Wildman–Crippen MR) is 121 cm³/mol. The molecule has 2 aromatic heterocycles. The van der Waals surface area contributed by atoms with E-state index in [1.807, 2.05) is 42.5 Å². The van der Waals surface area contributed by atoms with E-state index < -0.39 is 0 Å². The van der Waals surface area contributed by atoms with Crippen molar-refractivity contribution in [2.45, 2.75) is 32.5 Å². The second kappa shape index (κ2) is 7.84. The van der Waals surface area contributed by atoms with Gasteiger partial charge in [-0.25, -0.2) is 15.0 Å². The number of hydrogen-bond acceptors (Lipinski definition) is 5. The minimum Gasteiger partial charge on any atom is -0.487 e. The summed E-state index contributed by atoms with van der Waals surface area (Å²) in [6, 6.07) is 22.2. The van der Waals surface area contributed by atoms with Crippen LogP contribution in [-0.2, 0) is 11.3 Å². The number of hydrogen-bond donors (Lipinski definition) is 0. The van der Waals surface area contributed by atoms with Gasteiger partial charge in [0, 0.05) is 23.6 Å². The van der Waals surface area contributed by atoms with Gasteiger partial charge in [-0.15, -0.1) is 0 Å². The Morgan fingerprint density at radius 1 is 0.968 bits per heavy atom. The van der Waals surface area contributed by atoms with Crippen molar-refractivity contribution in [3.05, 3.63) is 96.2 Å². The molecule has 0 spiro atoms. The third-order valence-electron chi connectivity index (χ3n) is 5.32. The van der Waals surface area contributed by atoms with Gasteiger partial charge in [0.1, 0.15) is 35.7 Å². The maximum absolute atomic E-state index is 6.22. The van der Waals surface area contributed by atoms with Crippen molar-refractivity contribution in [3.63, 3.8) is 0 Å². The maximum atomic E-state index is 6.22. The first-order chi connectivity index (χ1) is 15.1. The SMILES string of the molecule is CC1(C)CC(c2ccc(OCc3ccc4ccccc4n3)cc2)=C(c2ccncn2)O1. The van der Waals surface area contributed by atoms with Gasteiger partial charge in [0.05, 0.1) is 11.2 Å². The summed E-state index contributed by atoms with van der Waals surface area (Å²) in [5.41, 5.74) is 4.67. The topological polar surface area (TPSA) is 57.1 Å². The fraction of sp³-hybridized carbons (Fsp3) is 0.192. The summed E-state index contributed by atoms with van der Waals surface area (Å²) >= 11 is 0. The van der Waals surface area contributed by atoms with Crippen LogP contribution < -0.4 is 4.74 Å². The molecule has 1 aliphatic rings. The van der Waals surface area contributed by atoms with Crippen LogP contribution in [0.15, 0.2) is 79.3 Å². The van der Waals surface area contributed by atoms with Crippen molar-refractivity contribution in [3.8, 4) is 5.75 Å². The lowest BCUT2D eigenvalue weighted by Crippen LogP contribution is -2.17. The van der Waals surface area contributed by atoms with Gasteiger partial charge >= 0.3 is 0 Å². The Labute approximate surface area is 181 Å². The largest absolute Gasteiger partial charge is 0.487 e. The first-order valence-electron chi connectivity index (χ1n) is 10.3. The number of fused-ring (bicyclic) bond motifs is 1. The lowest BCUT2D eigenvalue weighted by Gasteiger charge is -2.19. The molecule has 154 valence electrons. The molecular formula is C26H23N3O2. The van der Waals surface area contributed by atoms with Crippen LogP contribution in [0.25, 0.3) is 22.2 Å². The summed E-state index contributed by atoms with van der Waals surface area (Å²) in [6.07, 6.45) is 4.10. The lowest BCUT2D eigenvalue weighted by molar-refractivity contribution is 0.100. The van der Waals surface area contributed by atoms with Crippen molar-refractivity contribution >= 4 is 22.2 Å². The first-order valence-corrected chi connectivity index (χ1v) is 10.3. The molecular weight excluding hydrogens is 386 g/mol. The van der Waals surface area contributed by atoms with Gasteiger partial charge in [0.2, 0.25) is 0 Å². The van der Waals surface area contributed by atoms with Crippen LogP contribution in [-0.4, -0.2) is 20.6 Å². The highest BCUT2D eigenvalue weighted by Crippen LogP contribution is 2.43. The molecule has 0 N–H and O–H groups in total. The van der Waals surface area contributed by atoms with E-state index in [9.17, 15) is 0 Å². The highest BCUT2D eigenvalue weighted by Gasteiger charge is 2.34. The zero-order valence-corrected chi connectivity index (χ0v) is 17.6. The van der Waals surface area contributed by atoms with Crippen molar-refractivity contribution in [2.24, 2.45) is 0 Å². The summed E-state index contributed by atoms with van der Waals surface area (Å²) in [6.45, 7) is 4.61. The summed E-state index contributed by atoms with van der Waals surface area (Å²) in [5.74, 6) is 1.63. The number of pyridine rings is 1. The second-order valence-electron chi connectivity index (χ2n) is 8.25. The molecule has 0 fully saturated rings. The molecule has 4 aromatic rings. The van der Waals surface area contributed by atoms with Gasteiger partial charge < -0.3 is 9.47 Å². The summed E-state index contributed by atoms with van der Waals surface area (Å²) in [4.78, 5) is 13.1. The fourth-order valence-corrected chi connectivity index (χ4v) is 3.84. The normalized spacial score (nSPS) is 15.2. The molecule has 2 aromatic carbocycles. The highest BCUT2D eigenvalue weighted by molar-refractivity contribution is 5.89. The van der Waals surface area contributed by atoms with Gasteiger partial charge in [-0.1, -0.05) is 36.4 Å². The molecule has 5 nitrogen and oxygen atoms in total. The second-order valence-corrected chi connectivity index (χ2v) is 8.25. The molecule has 31 heavy (non-hydrogen) atoms. The van der Waals surface area contributed by atoms with Crippen LogP contribution >= 0.6 is 0 Å². The molecule has 0 aliphatic carbocycles. The van der Waals surface area contributed by atoms with Crippen LogP contribution in [0.2, 0.25) is 0 Å². The molecule has 1 aliphatic heterocycles. The Bertz CT molecular complexity index is 1250. The Morgan fingerprint density at radius 2 is 1.81 bits per heavy atom. The van der Waals surface area contributed by atoms with Gasteiger partial charge in [-0.05, 0) is 49.7 Å². The number of nitrogens with zero attached hydrogens (tertiary/aromatic N) is 3. The number of aromatic nitrogens is 3. The van der Waals surface area contributed by atoms with E-state index in [1.165, 1.54) is 0 Å². The maximum Gasteiger partial charge on any atom is 0.149 e. The molecule has 0 atom stereocenters. The fourth-order valence-electron chi connectivity index (χ4n) is 3.84. The van der Waals surface area contributed by atoms with E-state index in [0.29, 0.717) is 6.61 Å². The standard InChI is InChI=1S/C26H23N3O2/c1-26(2)15-22(25(31-26)24-13-14-27-17-28-24)18-8-11-21(12-9-18)30-16-20-10-7-19-5-3-4-6-23(19)29-20/h3-14,17H,15-16H2,1-2H3. The Balaban J connectivity index is 1.35. The molecule has 0 unspecified atom stereocenters.